The monoisotopic (exact) mass is 324 g/mol. The van der Waals surface area contributed by atoms with Gasteiger partial charge in [-0.15, -0.1) is 0 Å². The molecule has 92 valence electrons. The highest BCUT2D eigenvalue weighted by molar-refractivity contribution is 9.10. The minimum absolute atomic E-state index is 0.268. The van der Waals surface area contributed by atoms with Gasteiger partial charge in [-0.2, -0.15) is 0 Å². The summed E-state index contributed by atoms with van der Waals surface area (Å²) in [7, 11) is 0. The lowest BCUT2D eigenvalue weighted by atomic mass is 10.1. The lowest BCUT2D eigenvalue weighted by Gasteiger charge is -2.09. The topological polar surface area (TPSA) is 55.1 Å². The number of nitrogens with two attached hydrogens (primary N) is 1. The fourth-order valence-electron chi connectivity index (χ4n) is 1.49. The number of halogens is 2. The van der Waals surface area contributed by atoms with Crippen molar-refractivity contribution in [1.82, 2.24) is 0 Å². The minimum Gasteiger partial charge on any atom is -0.398 e. The molecule has 0 spiro atoms. The molecule has 0 bridgehead atoms. The second kappa shape index (κ2) is 5.42. The summed E-state index contributed by atoms with van der Waals surface area (Å²) in [5, 5.41) is 3.29. The summed E-state index contributed by atoms with van der Waals surface area (Å²) >= 11 is 9.27. The van der Waals surface area contributed by atoms with Crippen LogP contribution >= 0.6 is 27.5 Å². The Hall–Kier alpha value is -1.52. The van der Waals surface area contributed by atoms with Crippen molar-refractivity contribution in [3.8, 4) is 0 Å². The number of para-hydroxylation sites is 1. The van der Waals surface area contributed by atoms with Gasteiger partial charge in [0.1, 0.15) is 0 Å². The number of rotatable bonds is 2. The Morgan fingerprint density at radius 1 is 1.17 bits per heavy atom. The van der Waals surface area contributed by atoms with E-state index in [0.717, 1.165) is 0 Å². The van der Waals surface area contributed by atoms with E-state index in [0.29, 0.717) is 26.4 Å². The first-order valence-corrected chi connectivity index (χ1v) is 6.36. The van der Waals surface area contributed by atoms with E-state index in [2.05, 4.69) is 21.2 Å². The van der Waals surface area contributed by atoms with E-state index in [4.69, 9.17) is 17.3 Å². The number of hydrogen-bond donors (Lipinski definition) is 2. The molecular formula is C13H10BrClN2O. The summed E-state index contributed by atoms with van der Waals surface area (Å²) in [5.41, 5.74) is 7.22. The maximum Gasteiger partial charge on any atom is 0.257 e. The summed E-state index contributed by atoms with van der Waals surface area (Å²) in [6, 6.07) is 12.1. The number of carbonyl (C=O) groups is 1. The first-order valence-electron chi connectivity index (χ1n) is 5.19. The van der Waals surface area contributed by atoms with Crippen LogP contribution in [0.1, 0.15) is 10.4 Å². The number of amides is 1. The molecule has 0 saturated carbocycles. The number of nitrogen functional groups attached to an aromatic ring is 1. The quantitative estimate of drug-likeness (QED) is 0.822. The van der Waals surface area contributed by atoms with Crippen molar-refractivity contribution >= 4 is 44.8 Å². The van der Waals surface area contributed by atoms with Gasteiger partial charge in [0, 0.05) is 5.69 Å². The standard InChI is InChI=1S/C13H10BrClN2O/c14-12-9(15)5-3-7-11(12)17-13(18)8-4-1-2-6-10(8)16/h1-7H,16H2,(H,17,18). The van der Waals surface area contributed by atoms with Gasteiger partial charge >= 0.3 is 0 Å². The Bertz CT molecular complexity index is 601. The normalized spacial score (nSPS) is 10.1. The van der Waals surface area contributed by atoms with Crippen LogP contribution < -0.4 is 11.1 Å². The maximum absolute atomic E-state index is 12.0. The molecule has 3 nitrogen and oxygen atoms in total. The van der Waals surface area contributed by atoms with Crippen LogP contribution in [0.5, 0.6) is 0 Å². The highest BCUT2D eigenvalue weighted by atomic mass is 79.9. The molecule has 0 fully saturated rings. The summed E-state index contributed by atoms with van der Waals surface area (Å²) in [4.78, 5) is 12.0. The number of nitrogens with one attached hydrogen (secondary N) is 1. The smallest absolute Gasteiger partial charge is 0.257 e. The molecule has 0 radical (unpaired) electrons. The van der Waals surface area contributed by atoms with Crippen LogP contribution in [0.25, 0.3) is 0 Å². The van der Waals surface area contributed by atoms with Crippen LogP contribution in [0, 0.1) is 0 Å². The Kier molecular flexibility index (Phi) is 3.89. The van der Waals surface area contributed by atoms with Gasteiger partial charge in [0.2, 0.25) is 0 Å². The number of carbonyl (C=O) groups excluding carboxylic acids is 1. The average Bonchev–Trinajstić information content (AvgIpc) is 2.35. The molecular weight excluding hydrogens is 316 g/mol. The molecule has 2 rings (SSSR count). The lowest BCUT2D eigenvalue weighted by Crippen LogP contribution is -2.14. The summed E-state index contributed by atoms with van der Waals surface area (Å²) < 4.78 is 0.648. The third kappa shape index (κ3) is 2.66. The van der Waals surface area contributed by atoms with Crippen molar-refractivity contribution in [3.63, 3.8) is 0 Å². The highest BCUT2D eigenvalue weighted by Crippen LogP contribution is 2.30. The van der Waals surface area contributed by atoms with E-state index >= 15 is 0 Å². The molecule has 0 aliphatic rings. The van der Waals surface area contributed by atoms with Crippen LogP contribution in [0.15, 0.2) is 46.9 Å². The van der Waals surface area contributed by atoms with Crippen molar-refractivity contribution in [3.05, 3.63) is 57.5 Å². The number of hydrogen-bond acceptors (Lipinski definition) is 2. The van der Waals surface area contributed by atoms with Gasteiger partial charge in [0.25, 0.3) is 5.91 Å². The zero-order chi connectivity index (χ0) is 13.1. The molecule has 18 heavy (non-hydrogen) atoms. The van der Waals surface area contributed by atoms with E-state index in [9.17, 15) is 4.79 Å². The van der Waals surface area contributed by atoms with Gasteiger partial charge in [-0.25, -0.2) is 0 Å². The molecule has 0 unspecified atom stereocenters. The van der Waals surface area contributed by atoms with Crippen LogP contribution in [0.3, 0.4) is 0 Å². The molecule has 2 aromatic rings. The molecule has 3 N–H and O–H groups in total. The molecule has 0 aromatic heterocycles. The van der Waals surface area contributed by atoms with E-state index in [1.54, 1.807) is 42.5 Å². The maximum atomic E-state index is 12.0. The SMILES string of the molecule is Nc1ccccc1C(=O)Nc1cccc(Cl)c1Br. The Morgan fingerprint density at radius 3 is 2.61 bits per heavy atom. The number of anilines is 2. The van der Waals surface area contributed by atoms with E-state index in [1.165, 1.54) is 0 Å². The largest absolute Gasteiger partial charge is 0.398 e. The van der Waals surface area contributed by atoms with E-state index in [1.807, 2.05) is 0 Å². The molecule has 0 aliphatic heterocycles. The van der Waals surface area contributed by atoms with Gasteiger partial charge in [0.15, 0.2) is 0 Å². The Labute approximate surface area is 118 Å². The van der Waals surface area contributed by atoms with Crippen molar-refractivity contribution in [2.45, 2.75) is 0 Å². The zero-order valence-electron chi connectivity index (χ0n) is 9.28. The molecule has 5 heteroatoms. The van der Waals surface area contributed by atoms with E-state index in [-0.39, 0.29) is 5.91 Å². The van der Waals surface area contributed by atoms with Crippen molar-refractivity contribution in [1.29, 1.82) is 0 Å². The predicted molar refractivity (Wildman–Crippen MR) is 78.0 cm³/mol. The van der Waals surface area contributed by atoms with Crippen molar-refractivity contribution in [2.24, 2.45) is 0 Å². The molecule has 0 heterocycles. The predicted octanol–water partition coefficient (Wildman–Crippen LogP) is 3.94. The Balaban J connectivity index is 2.27. The second-order valence-corrected chi connectivity index (χ2v) is 4.84. The molecule has 0 aliphatic carbocycles. The minimum atomic E-state index is -0.268. The van der Waals surface area contributed by atoms with Gasteiger partial charge in [0.05, 0.1) is 20.7 Å². The van der Waals surface area contributed by atoms with Gasteiger partial charge < -0.3 is 11.1 Å². The first kappa shape index (κ1) is 12.9. The molecule has 0 saturated heterocycles. The highest BCUT2D eigenvalue weighted by Gasteiger charge is 2.11. The van der Waals surface area contributed by atoms with Crippen LogP contribution in [-0.4, -0.2) is 5.91 Å². The zero-order valence-corrected chi connectivity index (χ0v) is 11.6. The van der Waals surface area contributed by atoms with Crippen LogP contribution in [0.4, 0.5) is 11.4 Å². The van der Waals surface area contributed by atoms with Crippen LogP contribution in [0.2, 0.25) is 5.02 Å². The van der Waals surface area contributed by atoms with Gasteiger partial charge in [-0.1, -0.05) is 29.8 Å². The van der Waals surface area contributed by atoms with Crippen molar-refractivity contribution in [2.75, 3.05) is 11.1 Å². The first-order chi connectivity index (χ1) is 8.59. The molecule has 2 aromatic carbocycles. The third-order valence-corrected chi connectivity index (χ3v) is 3.80. The summed E-state index contributed by atoms with van der Waals surface area (Å²) in [5.74, 6) is -0.268. The Morgan fingerprint density at radius 2 is 1.89 bits per heavy atom. The lowest BCUT2D eigenvalue weighted by molar-refractivity contribution is 0.102. The van der Waals surface area contributed by atoms with Gasteiger partial charge in [-0.05, 0) is 40.2 Å². The second-order valence-electron chi connectivity index (χ2n) is 3.64. The van der Waals surface area contributed by atoms with Crippen molar-refractivity contribution < 1.29 is 4.79 Å². The third-order valence-electron chi connectivity index (χ3n) is 2.41. The fraction of sp³-hybridized carbons (Fsp3) is 0. The van der Waals surface area contributed by atoms with E-state index < -0.39 is 0 Å². The van der Waals surface area contributed by atoms with Gasteiger partial charge in [-0.3, -0.25) is 4.79 Å². The average molecular weight is 326 g/mol. The summed E-state index contributed by atoms with van der Waals surface area (Å²) in [6.07, 6.45) is 0. The summed E-state index contributed by atoms with van der Waals surface area (Å²) in [6.45, 7) is 0. The number of benzene rings is 2. The fourth-order valence-corrected chi connectivity index (χ4v) is 2.03. The molecule has 1 amide bonds. The molecule has 0 atom stereocenters. The van der Waals surface area contributed by atoms with Crippen LogP contribution in [-0.2, 0) is 0 Å².